The second-order valence-electron chi connectivity index (χ2n) is 7.05. The molecule has 3 aromatic rings. The third-order valence-corrected chi connectivity index (χ3v) is 4.70. The molecule has 2 N–H and O–H groups in total. The largest absolute Gasteiger partial charge is 0.361 e. The Balaban J connectivity index is 1.68. The molecule has 148 valence electrons. The number of anilines is 1. The molecule has 2 heterocycles. The Morgan fingerprint density at radius 2 is 1.89 bits per heavy atom. The summed E-state index contributed by atoms with van der Waals surface area (Å²) in [6, 6.07) is 10.0. The summed E-state index contributed by atoms with van der Waals surface area (Å²) in [4.78, 5) is 26.9. The van der Waals surface area contributed by atoms with Crippen molar-refractivity contribution in [2.75, 3.05) is 25.0 Å². The summed E-state index contributed by atoms with van der Waals surface area (Å²) in [7, 11) is 0. The standard InChI is InChI=1S/C22H29N5O/c1-4-12-27(13-5-2)21(28)20-14-16(3)25-22(26-20)23-11-10-17-15-24-19-9-7-6-8-18(17)19/h6-9,14-15,24H,4-5,10-13H2,1-3H3,(H,23,25,26). The van der Waals surface area contributed by atoms with Gasteiger partial charge in [-0.15, -0.1) is 0 Å². The number of nitrogens with one attached hydrogen (secondary N) is 2. The lowest BCUT2D eigenvalue weighted by Crippen LogP contribution is -2.33. The maximum absolute atomic E-state index is 12.8. The van der Waals surface area contributed by atoms with Crippen molar-refractivity contribution in [2.45, 2.75) is 40.0 Å². The van der Waals surface area contributed by atoms with Crippen LogP contribution in [0.2, 0.25) is 0 Å². The Kier molecular flexibility index (Phi) is 6.63. The first-order chi connectivity index (χ1) is 13.6. The first kappa shape index (κ1) is 19.9. The van der Waals surface area contributed by atoms with Crippen molar-refractivity contribution >= 4 is 22.8 Å². The van der Waals surface area contributed by atoms with Gasteiger partial charge in [-0.3, -0.25) is 4.79 Å². The normalized spacial score (nSPS) is 11.0. The Hall–Kier alpha value is -2.89. The van der Waals surface area contributed by atoms with E-state index in [2.05, 4.69) is 46.2 Å². The fraction of sp³-hybridized carbons (Fsp3) is 0.409. The molecule has 1 amide bonds. The highest BCUT2D eigenvalue weighted by Crippen LogP contribution is 2.18. The van der Waals surface area contributed by atoms with E-state index in [4.69, 9.17) is 0 Å². The van der Waals surface area contributed by atoms with Crippen LogP contribution in [0.4, 0.5) is 5.95 Å². The number of amides is 1. The lowest BCUT2D eigenvalue weighted by atomic mass is 10.1. The Labute approximate surface area is 166 Å². The van der Waals surface area contributed by atoms with Crippen LogP contribution in [-0.4, -0.2) is 45.4 Å². The molecule has 1 aromatic carbocycles. The van der Waals surface area contributed by atoms with E-state index in [9.17, 15) is 4.79 Å². The van der Waals surface area contributed by atoms with Gasteiger partial charge in [-0.25, -0.2) is 9.97 Å². The van der Waals surface area contributed by atoms with Gasteiger partial charge in [0.1, 0.15) is 5.69 Å². The van der Waals surface area contributed by atoms with Crippen LogP contribution < -0.4 is 5.32 Å². The van der Waals surface area contributed by atoms with Crippen LogP contribution in [0.1, 0.15) is 48.4 Å². The predicted molar refractivity (Wildman–Crippen MR) is 114 cm³/mol. The van der Waals surface area contributed by atoms with E-state index in [1.807, 2.05) is 30.2 Å². The molecule has 0 fully saturated rings. The number of carbonyl (C=O) groups excluding carboxylic acids is 1. The van der Waals surface area contributed by atoms with Crippen LogP contribution in [0.5, 0.6) is 0 Å². The van der Waals surface area contributed by atoms with Crippen molar-refractivity contribution in [1.82, 2.24) is 19.9 Å². The number of fused-ring (bicyclic) bond motifs is 1. The van der Waals surface area contributed by atoms with Gasteiger partial charge in [0.05, 0.1) is 0 Å². The summed E-state index contributed by atoms with van der Waals surface area (Å²) >= 11 is 0. The molecule has 3 rings (SSSR count). The van der Waals surface area contributed by atoms with E-state index in [-0.39, 0.29) is 5.91 Å². The van der Waals surface area contributed by atoms with Gasteiger partial charge in [-0.2, -0.15) is 0 Å². The fourth-order valence-corrected chi connectivity index (χ4v) is 3.42. The van der Waals surface area contributed by atoms with Gasteiger partial charge in [0, 0.05) is 42.4 Å². The maximum atomic E-state index is 12.8. The SMILES string of the molecule is CCCN(CCC)C(=O)c1cc(C)nc(NCCc2c[nH]c3ccccc23)n1. The molecule has 0 aliphatic rings. The smallest absolute Gasteiger partial charge is 0.272 e. The van der Waals surface area contributed by atoms with Crippen LogP contribution in [0.15, 0.2) is 36.5 Å². The average molecular weight is 380 g/mol. The quantitative estimate of drug-likeness (QED) is 0.585. The molecule has 2 aromatic heterocycles. The first-order valence-electron chi connectivity index (χ1n) is 10.1. The summed E-state index contributed by atoms with van der Waals surface area (Å²) in [5.74, 6) is 0.491. The summed E-state index contributed by atoms with van der Waals surface area (Å²) in [6.07, 6.45) is 4.77. The zero-order valence-corrected chi connectivity index (χ0v) is 17.0. The van der Waals surface area contributed by atoms with Crippen LogP contribution >= 0.6 is 0 Å². The van der Waals surface area contributed by atoms with Crippen molar-refractivity contribution < 1.29 is 4.79 Å². The number of aromatic amines is 1. The number of aryl methyl sites for hydroxylation is 1. The Morgan fingerprint density at radius 1 is 1.14 bits per heavy atom. The fourth-order valence-electron chi connectivity index (χ4n) is 3.42. The molecule has 0 aliphatic heterocycles. The van der Waals surface area contributed by atoms with Gasteiger partial charge < -0.3 is 15.2 Å². The van der Waals surface area contributed by atoms with Gasteiger partial charge in [0.25, 0.3) is 5.91 Å². The van der Waals surface area contributed by atoms with E-state index in [0.29, 0.717) is 18.2 Å². The summed E-state index contributed by atoms with van der Waals surface area (Å²) in [6.45, 7) is 8.26. The lowest BCUT2D eigenvalue weighted by molar-refractivity contribution is 0.0749. The Morgan fingerprint density at radius 3 is 2.64 bits per heavy atom. The second-order valence-corrected chi connectivity index (χ2v) is 7.05. The van der Waals surface area contributed by atoms with Gasteiger partial charge in [0.2, 0.25) is 5.95 Å². The van der Waals surface area contributed by atoms with Crippen LogP contribution in [-0.2, 0) is 6.42 Å². The molecular formula is C22H29N5O. The monoisotopic (exact) mass is 379 g/mol. The molecule has 0 unspecified atom stereocenters. The number of rotatable bonds is 9. The number of benzene rings is 1. The van der Waals surface area contributed by atoms with Crippen molar-refractivity contribution in [2.24, 2.45) is 0 Å². The van der Waals surface area contributed by atoms with E-state index < -0.39 is 0 Å². The van der Waals surface area contributed by atoms with Crippen molar-refractivity contribution in [3.8, 4) is 0 Å². The first-order valence-corrected chi connectivity index (χ1v) is 10.1. The third kappa shape index (κ3) is 4.68. The van der Waals surface area contributed by atoms with E-state index in [1.165, 1.54) is 10.9 Å². The minimum atomic E-state index is -0.0196. The van der Waals surface area contributed by atoms with E-state index in [0.717, 1.165) is 43.6 Å². The predicted octanol–water partition coefficient (Wildman–Crippen LogP) is 4.18. The molecule has 0 aliphatic carbocycles. The second kappa shape index (κ2) is 9.35. The highest BCUT2D eigenvalue weighted by Gasteiger charge is 2.17. The number of carbonyl (C=O) groups is 1. The Bertz CT molecular complexity index is 928. The molecule has 6 heteroatoms. The number of hydrogen-bond acceptors (Lipinski definition) is 4. The molecule has 0 spiro atoms. The van der Waals surface area contributed by atoms with Crippen LogP contribution in [0, 0.1) is 6.92 Å². The molecule has 0 atom stereocenters. The van der Waals surface area contributed by atoms with Gasteiger partial charge in [0.15, 0.2) is 0 Å². The molecule has 6 nitrogen and oxygen atoms in total. The van der Waals surface area contributed by atoms with Crippen molar-refractivity contribution in [1.29, 1.82) is 0 Å². The van der Waals surface area contributed by atoms with Crippen molar-refractivity contribution in [3.63, 3.8) is 0 Å². The van der Waals surface area contributed by atoms with Gasteiger partial charge in [-0.1, -0.05) is 32.0 Å². The summed E-state index contributed by atoms with van der Waals surface area (Å²) in [5.41, 5.74) is 3.65. The van der Waals surface area contributed by atoms with E-state index >= 15 is 0 Å². The van der Waals surface area contributed by atoms with Crippen LogP contribution in [0.3, 0.4) is 0 Å². The van der Waals surface area contributed by atoms with Gasteiger partial charge in [-0.05, 0) is 43.9 Å². The molecular weight excluding hydrogens is 350 g/mol. The van der Waals surface area contributed by atoms with Crippen molar-refractivity contribution in [3.05, 3.63) is 53.5 Å². The molecule has 0 saturated carbocycles. The summed E-state index contributed by atoms with van der Waals surface area (Å²) < 4.78 is 0. The number of hydrogen-bond donors (Lipinski definition) is 2. The third-order valence-electron chi connectivity index (χ3n) is 4.70. The average Bonchev–Trinajstić information content (AvgIpc) is 3.10. The molecule has 0 radical (unpaired) electrons. The number of aromatic nitrogens is 3. The van der Waals surface area contributed by atoms with E-state index in [1.54, 1.807) is 6.07 Å². The number of para-hydroxylation sites is 1. The topological polar surface area (TPSA) is 73.9 Å². The molecule has 0 saturated heterocycles. The number of H-pyrrole nitrogens is 1. The lowest BCUT2D eigenvalue weighted by Gasteiger charge is -2.21. The number of nitrogens with zero attached hydrogens (tertiary/aromatic N) is 3. The zero-order chi connectivity index (χ0) is 19.9. The minimum absolute atomic E-state index is 0.0196. The zero-order valence-electron chi connectivity index (χ0n) is 17.0. The highest BCUT2D eigenvalue weighted by atomic mass is 16.2. The van der Waals surface area contributed by atoms with Gasteiger partial charge >= 0.3 is 0 Å². The maximum Gasteiger partial charge on any atom is 0.272 e. The summed E-state index contributed by atoms with van der Waals surface area (Å²) in [5, 5.41) is 4.52. The highest BCUT2D eigenvalue weighted by molar-refractivity contribution is 5.92. The minimum Gasteiger partial charge on any atom is -0.361 e. The molecule has 28 heavy (non-hydrogen) atoms. The van der Waals surface area contributed by atoms with Crippen LogP contribution in [0.25, 0.3) is 10.9 Å². The molecule has 0 bridgehead atoms.